The summed E-state index contributed by atoms with van der Waals surface area (Å²) in [5.74, 6) is 0. The number of fused-ring (bicyclic) bond motifs is 3. The topological polar surface area (TPSA) is 39.1 Å². The van der Waals surface area contributed by atoms with Gasteiger partial charge in [0.15, 0.2) is 6.29 Å². The van der Waals surface area contributed by atoms with Crippen LogP contribution in [0.1, 0.15) is 32.0 Å². The molecule has 3 aromatic rings. The second-order valence-electron chi connectivity index (χ2n) is 5.53. The fraction of sp³-hybridized carbons (Fsp3) is 0.100. The second-order valence-corrected chi connectivity index (χ2v) is 5.53. The molecule has 0 saturated heterocycles. The number of aryl methyl sites for hydroxylation is 1. The number of nitrogens with zero attached hydrogens (tertiary/aromatic N) is 1. The third-order valence-corrected chi connectivity index (χ3v) is 4.06. The van der Waals surface area contributed by atoms with E-state index in [-0.39, 0.29) is 0 Å². The molecule has 0 fully saturated rings. The Morgan fingerprint density at radius 3 is 2.30 bits per heavy atom. The summed E-state index contributed by atoms with van der Waals surface area (Å²) in [4.78, 5) is 20.7. The van der Waals surface area contributed by atoms with Gasteiger partial charge in [0.1, 0.15) is 6.29 Å². The van der Waals surface area contributed by atoms with Gasteiger partial charge in [-0.2, -0.15) is 0 Å². The van der Waals surface area contributed by atoms with E-state index in [0.29, 0.717) is 5.69 Å². The van der Waals surface area contributed by atoms with Crippen LogP contribution in [0.25, 0.3) is 11.1 Å². The molecule has 1 heterocycles. The Hall–Kier alpha value is -2.94. The minimum Gasteiger partial charge on any atom is -0.348 e. The predicted octanol–water partition coefficient (Wildman–Crippen LogP) is 3.91. The summed E-state index contributed by atoms with van der Waals surface area (Å²) in [5, 5.41) is 0. The van der Waals surface area contributed by atoms with Gasteiger partial charge in [-0.1, -0.05) is 36.4 Å². The van der Waals surface area contributed by atoms with Gasteiger partial charge in [-0.15, -0.1) is 0 Å². The molecule has 114 valence electrons. The fourth-order valence-electron chi connectivity index (χ4n) is 2.84. The van der Waals surface area contributed by atoms with Gasteiger partial charge < -0.3 is 4.57 Å². The average Bonchev–Trinajstić information content (AvgIpc) is 3.17. The molecule has 0 N–H and O–H groups in total. The van der Waals surface area contributed by atoms with Crippen molar-refractivity contribution in [2.45, 2.75) is 6.42 Å². The van der Waals surface area contributed by atoms with E-state index in [1.54, 1.807) is 10.6 Å². The van der Waals surface area contributed by atoms with Crippen molar-refractivity contribution in [1.82, 2.24) is 4.57 Å². The molecule has 0 radical (unpaired) electrons. The Kier molecular flexibility index (Phi) is 4.20. The highest BCUT2D eigenvalue weighted by Crippen LogP contribution is 2.36. The Labute approximate surface area is 135 Å². The first-order chi connectivity index (χ1) is 11.2. The third-order valence-electron chi connectivity index (χ3n) is 4.06. The van der Waals surface area contributed by atoms with Crippen LogP contribution in [0, 0.1) is 0 Å². The molecule has 0 amide bonds. The predicted molar refractivity (Wildman–Crippen MR) is 90.9 cm³/mol. The van der Waals surface area contributed by atoms with Crippen LogP contribution < -0.4 is 0 Å². The van der Waals surface area contributed by atoms with E-state index in [1.807, 2.05) is 37.5 Å². The number of carbonyl (C=O) groups is 2. The van der Waals surface area contributed by atoms with Crippen molar-refractivity contribution in [3.05, 3.63) is 83.2 Å². The summed E-state index contributed by atoms with van der Waals surface area (Å²) in [7, 11) is 1.84. The van der Waals surface area contributed by atoms with E-state index in [4.69, 9.17) is 0 Å². The van der Waals surface area contributed by atoms with Crippen molar-refractivity contribution in [3.63, 3.8) is 0 Å². The maximum absolute atomic E-state index is 10.7. The third kappa shape index (κ3) is 2.99. The number of benzene rings is 2. The van der Waals surface area contributed by atoms with Gasteiger partial charge in [0.05, 0.1) is 5.69 Å². The van der Waals surface area contributed by atoms with Crippen molar-refractivity contribution in [3.8, 4) is 11.1 Å². The molecule has 1 aliphatic carbocycles. The van der Waals surface area contributed by atoms with Gasteiger partial charge in [-0.3, -0.25) is 9.59 Å². The van der Waals surface area contributed by atoms with Crippen molar-refractivity contribution in [2.24, 2.45) is 7.05 Å². The van der Waals surface area contributed by atoms with E-state index < -0.39 is 0 Å². The van der Waals surface area contributed by atoms with Crippen molar-refractivity contribution in [1.29, 1.82) is 0 Å². The number of hydrogen-bond acceptors (Lipinski definition) is 2. The monoisotopic (exact) mass is 303 g/mol. The van der Waals surface area contributed by atoms with Crippen LogP contribution in [-0.4, -0.2) is 17.1 Å². The number of rotatable bonds is 2. The molecule has 0 aliphatic heterocycles. The summed E-state index contributed by atoms with van der Waals surface area (Å²) >= 11 is 0. The van der Waals surface area contributed by atoms with Crippen LogP contribution >= 0.6 is 0 Å². The first-order valence-electron chi connectivity index (χ1n) is 7.46. The Morgan fingerprint density at radius 1 is 0.870 bits per heavy atom. The standard InChI is InChI=1S/C14H10O.C6H7NO/c15-9-10-5-6-14-12(7-10)8-11-3-1-2-4-13(11)14;1-7-4-2-3-6(7)5-8/h1-7,9H,8H2;2-5H,1H3. The highest BCUT2D eigenvalue weighted by Gasteiger charge is 2.17. The number of aldehydes is 2. The first-order valence-corrected chi connectivity index (χ1v) is 7.46. The minimum atomic E-state index is 0.713. The molecule has 1 aliphatic rings. The van der Waals surface area contributed by atoms with Crippen LogP contribution in [-0.2, 0) is 13.5 Å². The SMILES string of the molecule is Cn1cccc1C=O.O=Cc1ccc2c(c1)Cc1ccccc1-2. The maximum Gasteiger partial charge on any atom is 0.166 e. The molecule has 0 unspecified atom stereocenters. The molecule has 0 spiro atoms. The van der Waals surface area contributed by atoms with Crippen LogP contribution in [0.5, 0.6) is 0 Å². The molecule has 23 heavy (non-hydrogen) atoms. The highest BCUT2D eigenvalue weighted by molar-refractivity contribution is 5.82. The number of carbonyl (C=O) groups excluding carboxylic acids is 2. The van der Waals surface area contributed by atoms with Crippen LogP contribution in [0.2, 0.25) is 0 Å². The molecule has 0 bridgehead atoms. The zero-order valence-electron chi connectivity index (χ0n) is 12.9. The summed E-state index contributed by atoms with van der Waals surface area (Å²) in [6.07, 6.45) is 4.53. The molecular formula is C20H17NO2. The molecule has 4 rings (SSSR count). The van der Waals surface area contributed by atoms with Crippen molar-refractivity contribution >= 4 is 12.6 Å². The Bertz CT molecular complexity index is 862. The second kappa shape index (κ2) is 6.44. The Morgan fingerprint density at radius 2 is 1.65 bits per heavy atom. The lowest BCUT2D eigenvalue weighted by atomic mass is 10.0. The molecule has 1 aromatic heterocycles. The summed E-state index contributed by atoms with van der Waals surface area (Å²) in [6, 6.07) is 17.9. The van der Waals surface area contributed by atoms with Crippen molar-refractivity contribution in [2.75, 3.05) is 0 Å². The van der Waals surface area contributed by atoms with Crippen LogP contribution in [0.4, 0.5) is 0 Å². The van der Waals surface area contributed by atoms with Gasteiger partial charge in [0.2, 0.25) is 0 Å². The smallest absolute Gasteiger partial charge is 0.166 e. The lowest BCUT2D eigenvalue weighted by Gasteiger charge is -2.00. The molecule has 2 aromatic carbocycles. The van der Waals surface area contributed by atoms with Crippen LogP contribution in [0.3, 0.4) is 0 Å². The molecule has 3 nitrogen and oxygen atoms in total. The zero-order valence-corrected chi connectivity index (χ0v) is 12.9. The van der Waals surface area contributed by atoms with Gasteiger partial charge >= 0.3 is 0 Å². The lowest BCUT2D eigenvalue weighted by Crippen LogP contribution is -1.90. The summed E-state index contributed by atoms with van der Waals surface area (Å²) in [6.45, 7) is 0. The van der Waals surface area contributed by atoms with Gasteiger partial charge in [0, 0.05) is 18.8 Å². The molecular weight excluding hydrogens is 286 g/mol. The Balaban J connectivity index is 0.000000166. The van der Waals surface area contributed by atoms with E-state index in [9.17, 15) is 9.59 Å². The highest BCUT2D eigenvalue weighted by atomic mass is 16.1. The summed E-state index contributed by atoms with van der Waals surface area (Å²) in [5.41, 5.74) is 6.68. The quantitative estimate of drug-likeness (QED) is 0.527. The minimum absolute atomic E-state index is 0.713. The fourth-order valence-corrected chi connectivity index (χ4v) is 2.84. The van der Waals surface area contributed by atoms with E-state index in [0.717, 1.165) is 24.6 Å². The maximum atomic E-state index is 10.7. The normalized spacial score (nSPS) is 11.0. The van der Waals surface area contributed by atoms with E-state index in [1.165, 1.54) is 22.3 Å². The number of hydrogen-bond donors (Lipinski definition) is 0. The van der Waals surface area contributed by atoms with Gasteiger partial charge in [-0.05, 0) is 46.9 Å². The van der Waals surface area contributed by atoms with Gasteiger partial charge in [0.25, 0.3) is 0 Å². The number of aromatic nitrogens is 1. The van der Waals surface area contributed by atoms with Crippen LogP contribution in [0.15, 0.2) is 60.8 Å². The van der Waals surface area contributed by atoms with E-state index in [2.05, 4.69) is 24.3 Å². The first kappa shape index (κ1) is 15.0. The largest absolute Gasteiger partial charge is 0.348 e. The average molecular weight is 303 g/mol. The molecule has 0 atom stereocenters. The van der Waals surface area contributed by atoms with Gasteiger partial charge in [-0.25, -0.2) is 0 Å². The van der Waals surface area contributed by atoms with E-state index >= 15 is 0 Å². The lowest BCUT2D eigenvalue weighted by molar-refractivity contribution is 0.111. The zero-order chi connectivity index (χ0) is 16.2. The molecule has 0 saturated carbocycles. The summed E-state index contributed by atoms with van der Waals surface area (Å²) < 4.78 is 1.77. The molecule has 3 heteroatoms. The van der Waals surface area contributed by atoms with Crippen molar-refractivity contribution < 1.29 is 9.59 Å².